The molecule has 3 aromatic carbocycles. The first-order chi connectivity index (χ1) is 16.7. The minimum absolute atomic E-state index is 0.0683. The van der Waals surface area contributed by atoms with E-state index >= 15 is 0 Å². The Morgan fingerprint density at radius 2 is 1.69 bits per heavy atom. The van der Waals surface area contributed by atoms with Crippen molar-refractivity contribution in [3.63, 3.8) is 0 Å². The molecule has 178 valence electrons. The third kappa shape index (κ3) is 7.18. The number of hydrogen-bond acceptors (Lipinski definition) is 5. The van der Waals surface area contributed by atoms with E-state index in [1.54, 1.807) is 12.1 Å². The quantitative estimate of drug-likeness (QED) is 0.173. The normalized spacial score (nSPS) is 10.9. The van der Waals surface area contributed by atoms with E-state index in [0.717, 1.165) is 16.8 Å². The van der Waals surface area contributed by atoms with Crippen LogP contribution in [0.15, 0.2) is 69.1 Å². The molecule has 0 fully saturated rings. The number of benzene rings is 3. The topological polar surface area (TPSA) is 111 Å². The average molecular weight is 599 g/mol. The van der Waals surface area contributed by atoms with Crippen molar-refractivity contribution in [2.24, 2.45) is 0 Å². The summed E-state index contributed by atoms with van der Waals surface area (Å²) in [6.45, 7) is 3.65. The van der Waals surface area contributed by atoms with Crippen LogP contribution in [0.1, 0.15) is 16.7 Å². The van der Waals surface area contributed by atoms with Crippen LogP contribution in [0.25, 0.3) is 6.08 Å². The number of ether oxygens (including phenoxy) is 1. The number of aromatic hydroxyl groups is 1. The maximum atomic E-state index is 12.5. The Bertz CT molecular complexity index is 1320. The number of anilines is 2. The van der Waals surface area contributed by atoms with Gasteiger partial charge in [0.15, 0.2) is 6.61 Å². The second kappa shape index (κ2) is 11.7. The molecule has 0 saturated heterocycles. The summed E-state index contributed by atoms with van der Waals surface area (Å²) in [5.74, 6) is -0.419. The average Bonchev–Trinajstić information content (AvgIpc) is 2.80. The number of nitrogens with one attached hydrogen (secondary N) is 2. The number of phenols is 1. The van der Waals surface area contributed by atoms with Crippen molar-refractivity contribution in [1.29, 1.82) is 5.26 Å². The predicted octanol–water partition coefficient (Wildman–Crippen LogP) is 6.10. The van der Waals surface area contributed by atoms with Gasteiger partial charge in [0.2, 0.25) is 0 Å². The number of halogens is 2. The Kier molecular flexibility index (Phi) is 8.68. The number of rotatable bonds is 7. The van der Waals surface area contributed by atoms with E-state index in [4.69, 9.17) is 4.74 Å². The summed E-state index contributed by atoms with van der Waals surface area (Å²) in [6.07, 6.45) is 1.43. The first-order valence-corrected chi connectivity index (χ1v) is 12.0. The maximum Gasteiger partial charge on any atom is 0.266 e. The molecule has 0 unspecified atom stereocenters. The van der Waals surface area contributed by atoms with Gasteiger partial charge in [-0.2, -0.15) is 5.26 Å². The Labute approximate surface area is 219 Å². The summed E-state index contributed by atoms with van der Waals surface area (Å²) < 4.78 is 6.77. The summed E-state index contributed by atoms with van der Waals surface area (Å²) in [5.41, 5.74) is 3.61. The second-order valence-corrected chi connectivity index (χ2v) is 9.35. The Morgan fingerprint density at radius 1 is 1.03 bits per heavy atom. The van der Waals surface area contributed by atoms with Crippen molar-refractivity contribution in [3.05, 3.63) is 85.8 Å². The number of carbonyl (C=O) groups excluding carboxylic acids is 2. The third-order valence-corrected chi connectivity index (χ3v) is 6.01. The van der Waals surface area contributed by atoms with Crippen molar-refractivity contribution in [1.82, 2.24) is 0 Å². The molecule has 0 spiro atoms. The third-order valence-electron chi connectivity index (χ3n) is 4.84. The molecule has 0 aliphatic heterocycles. The van der Waals surface area contributed by atoms with Gasteiger partial charge >= 0.3 is 0 Å². The molecule has 0 atom stereocenters. The Morgan fingerprint density at radius 3 is 2.31 bits per heavy atom. The standard InChI is InChI=1S/C26H21Br2N3O4/c1-15-3-4-16(2)23(9-15)31-24(33)14-35-25-21(27)11-17(12-22(25)28)10-18(13-29)26(34)30-19-5-7-20(32)8-6-19/h3-12,32H,14H2,1-2H3,(H,30,34)(H,31,33)/b18-10+. The van der Waals surface area contributed by atoms with E-state index in [0.29, 0.717) is 25.9 Å². The van der Waals surface area contributed by atoms with E-state index in [2.05, 4.69) is 42.5 Å². The number of nitriles is 1. The van der Waals surface area contributed by atoms with Crippen LogP contribution < -0.4 is 15.4 Å². The molecular formula is C26H21Br2N3O4. The monoisotopic (exact) mass is 597 g/mol. The highest BCUT2D eigenvalue weighted by Gasteiger charge is 2.14. The molecule has 0 heterocycles. The lowest BCUT2D eigenvalue weighted by molar-refractivity contribution is -0.118. The van der Waals surface area contributed by atoms with Crippen molar-refractivity contribution in [2.75, 3.05) is 17.2 Å². The Balaban J connectivity index is 1.70. The molecule has 3 aromatic rings. The van der Waals surface area contributed by atoms with Gasteiger partial charge in [-0.1, -0.05) is 12.1 Å². The lowest BCUT2D eigenvalue weighted by atomic mass is 10.1. The molecule has 0 aliphatic carbocycles. The lowest BCUT2D eigenvalue weighted by Gasteiger charge is -2.13. The number of carbonyl (C=O) groups is 2. The van der Waals surface area contributed by atoms with E-state index in [1.807, 2.05) is 38.1 Å². The fourth-order valence-electron chi connectivity index (χ4n) is 3.05. The first kappa shape index (κ1) is 26.0. The van der Waals surface area contributed by atoms with Gasteiger partial charge in [0.25, 0.3) is 11.8 Å². The SMILES string of the molecule is Cc1ccc(C)c(NC(=O)COc2c(Br)cc(/C=C(\C#N)C(=O)Nc3ccc(O)cc3)cc2Br)c1. The van der Waals surface area contributed by atoms with Crippen molar-refractivity contribution >= 4 is 61.1 Å². The molecule has 0 aromatic heterocycles. The molecule has 9 heteroatoms. The highest BCUT2D eigenvalue weighted by Crippen LogP contribution is 2.35. The molecule has 35 heavy (non-hydrogen) atoms. The number of hydrogen-bond donors (Lipinski definition) is 3. The van der Waals surface area contributed by atoms with E-state index in [9.17, 15) is 20.0 Å². The van der Waals surface area contributed by atoms with Gasteiger partial charge in [-0.3, -0.25) is 9.59 Å². The fourth-order valence-corrected chi connectivity index (χ4v) is 4.50. The smallest absolute Gasteiger partial charge is 0.266 e. The van der Waals surface area contributed by atoms with Crippen LogP contribution in [0.5, 0.6) is 11.5 Å². The molecule has 3 N–H and O–H groups in total. The number of phenolic OH excluding ortho intramolecular Hbond substituents is 1. The summed E-state index contributed by atoms with van der Waals surface area (Å²) in [5, 5.41) is 24.3. The van der Waals surface area contributed by atoms with Crippen molar-refractivity contribution < 1.29 is 19.4 Å². The van der Waals surface area contributed by atoms with Crippen LogP contribution in [-0.4, -0.2) is 23.5 Å². The van der Waals surface area contributed by atoms with Crippen LogP contribution in [0.4, 0.5) is 11.4 Å². The van der Waals surface area contributed by atoms with Crippen LogP contribution in [0.3, 0.4) is 0 Å². The lowest BCUT2D eigenvalue weighted by Crippen LogP contribution is -2.21. The zero-order valence-corrected chi connectivity index (χ0v) is 22.0. The molecule has 0 bridgehead atoms. The van der Waals surface area contributed by atoms with Gasteiger partial charge in [-0.25, -0.2) is 0 Å². The molecule has 0 aliphatic rings. The summed E-state index contributed by atoms with van der Waals surface area (Å²) in [7, 11) is 0. The van der Waals surface area contributed by atoms with E-state index < -0.39 is 5.91 Å². The first-order valence-electron chi connectivity index (χ1n) is 10.4. The molecule has 3 rings (SSSR count). The highest BCUT2D eigenvalue weighted by atomic mass is 79.9. The van der Waals surface area contributed by atoms with Gasteiger partial charge in [-0.05, 0) is 111 Å². The van der Waals surface area contributed by atoms with Gasteiger partial charge in [-0.15, -0.1) is 0 Å². The van der Waals surface area contributed by atoms with E-state index in [1.165, 1.54) is 30.3 Å². The Hall–Kier alpha value is -3.61. The van der Waals surface area contributed by atoms with Crippen LogP contribution in [0.2, 0.25) is 0 Å². The maximum absolute atomic E-state index is 12.5. The summed E-state index contributed by atoms with van der Waals surface area (Å²) in [6, 6.07) is 17.0. The number of amides is 2. The van der Waals surface area contributed by atoms with Gasteiger partial charge in [0.1, 0.15) is 23.1 Å². The highest BCUT2D eigenvalue weighted by molar-refractivity contribution is 9.11. The largest absolute Gasteiger partial charge is 0.508 e. The van der Waals surface area contributed by atoms with Gasteiger partial charge in [0.05, 0.1) is 8.95 Å². The van der Waals surface area contributed by atoms with Crippen LogP contribution in [-0.2, 0) is 9.59 Å². The van der Waals surface area contributed by atoms with Crippen LogP contribution in [0, 0.1) is 25.2 Å². The zero-order chi connectivity index (χ0) is 25.5. The van der Waals surface area contributed by atoms with E-state index in [-0.39, 0.29) is 23.8 Å². The van der Waals surface area contributed by atoms with Crippen LogP contribution >= 0.6 is 31.9 Å². The van der Waals surface area contributed by atoms with Gasteiger partial charge in [0, 0.05) is 11.4 Å². The summed E-state index contributed by atoms with van der Waals surface area (Å²) >= 11 is 6.84. The number of nitrogens with zero attached hydrogens (tertiary/aromatic N) is 1. The van der Waals surface area contributed by atoms with Crippen molar-refractivity contribution in [2.45, 2.75) is 13.8 Å². The summed E-state index contributed by atoms with van der Waals surface area (Å²) in [4.78, 5) is 24.9. The molecule has 0 radical (unpaired) electrons. The molecule has 0 saturated carbocycles. The van der Waals surface area contributed by atoms with Gasteiger partial charge < -0.3 is 20.5 Å². The minimum Gasteiger partial charge on any atom is -0.508 e. The molecular weight excluding hydrogens is 578 g/mol. The zero-order valence-electron chi connectivity index (χ0n) is 18.9. The predicted molar refractivity (Wildman–Crippen MR) is 142 cm³/mol. The molecule has 7 nitrogen and oxygen atoms in total. The minimum atomic E-state index is -0.589. The fraction of sp³-hybridized carbons (Fsp3) is 0.115. The molecule has 2 amide bonds. The number of aryl methyl sites for hydroxylation is 2. The second-order valence-electron chi connectivity index (χ2n) is 7.64. The van der Waals surface area contributed by atoms with Crippen molar-refractivity contribution in [3.8, 4) is 17.6 Å².